The summed E-state index contributed by atoms with van der Waals surface area (Å²) in [5.41, 5.74) is 2.71. The van der Waals surface area contributed by atoms with Crippen LogP contribution in [0, 0.1) is 17.3 Å². The minimum Gasteiger partial charge on any atom is -0.508 e. The van der Waals surface area contributed by atoms with Gasteiger partial charge in [-0.25, -0.2) is 0 Å². The van der Waals surface area contributed by atoms with Gasteiger partial charge in [0.1, 0.15) is 5.75 Å². The molecule has 0 unspecified atom stereocenters. The summed E-state index contributed by atoms with van der Waals surface area (Å²) in [4.78, 5) is 0. The number of ether oxygens (including phenoxy) is 1. The summed E-state index contributed by atoms with van der Waals surface area (Å²) in [6.45, 7) is 2.28. The molecular weight excluding hydrogens is 276 g/mol. The van der Waals surface area contributed by atoms with Gasteiger partial charge >= 0.3 is 0 Å². The van der Waals surface area contributed by atoms with Crippen LogP contribution in [-0.4, -0.2) is 29.5 Å². The molecule has 1 aromatic carbocycles. The molecule has 0 aromatic heterocycles. The molecule has 0 amide bonds. The van der Waals surface area contributed by atoms with E-state index in [1.165, 1.54) is 11.1 Å². The van der Waals surface area contributed by atoms with E-state index < -0.39 is 0 Å². The fraction of sp³-hybridized carbons (Fsp3) is 0.684. The molecule has 3 nitrogen and oxygen atoms in total. The monoisotopic (exact) mass is 302 g/mol. The quantitative estimate of drug-likeness (QED) is 0.837. The number of phenolic OH excluding ortho intramolecular Hbond substituents is 1. The van der Waals surface area contributed by atoms with E-state index in [-0.39, 0.29) is 17.6 Å². The van der Waals surface area contributed by atoms with Gasteiger partial charge in [-0.2, -0.15) is 0 Å². The molecule has 4 rings (SSSR count). The highest BCUT2D eigenvalue weighted by molar-refractivity contribution is 5.41. The molecule has 3 aliphatic carbocycles. The van der Waals surface area contributed by atoms with Crippen molar-refractivity contribution in [1.29, 1.82) is 0 Å². The summed E-state index contributed by atoms with van der Waals surface area (Å²) in [5.74, 6) is 1.91. The molecule has 2 saturated carbocycles. The third-order valence-electron chi connectivity index (χ3n) is 6.96. The normalized spacial score (nSPS) is 43.3. The Bertz CT molecular complexity index is 584. The molecule has 0 bridgehead atoms. The first-order chi connectivity index (χ1) is 10.5. The van der Waals surface area contributed by atoms with E-state index in [1.54, 1.807) is 0 Å². The molecule has 0 heterocycles. The molecule has 0 radical (unpaired) electrons. The maximum atomic E-state index is 10.5. The predicted octanol–water partition coefficient (Wildman–Crippen LogP) is 3.23. The molecular formula is C19H26O3. The van der Waals surface area contributed by atoms with Crippen LogP contribution in [0.15, 0.2) is 18.2 Å². The van der Waals surface area contributed by atoms with Crippen molar-refractivity contribution in [3.05, 3.63) is 29.3 Å². The second-order valence-corrected chi connectivity index (χ2v) is 7.79. The first-order valence-corrected chi connectivity index (χ1v) is 8.57. The molecule has 0 spiro atoms. The van der Waals surface area contributed by atoms with E-state index in [0.717, 1.165) is 32.1 Å². The third kappa shape index (κ3) is 1.88. The van der Waals surface area contributed by atoms with Crippen molar-refractivity contribution in [3.63, 3.8) is 0 Å². The summed E-state index contributed by atoms with van der Waals surface area (Å²) >= 11 is 0. The summed E-state index contributed by atoms with van der Waals surface area (Å²) in [6.07, 6.45) is 5.19. The van der Waals surface area contributed by atoms with Crippen LogP contribution in [0.5, 0.6) is 5.75 Å². The summed E-state index contributed by atoms with van der Waals surface area (Å²) in [7, 11) is 1.81. The maximum Gasteiger partial charge on any atom is 0.115 e. The van der Waals surface area contributed by atoms with E-state index in [0.29, 0.717) is 23.5 Å². The lowest BCUT2D eigenvalue weighted by Gasteiger charge is -2.52. The van der Waals surface area contributed by atoms with Gasteiger partial charge in [-0.05, 0) is 78.5 Å². The Morgan fingerprint density at radius 1 is 1.23 bits per heavy atom. The first kappa shape index (κ1) is 14.5. The average Bonchev–Trinajstić information content (AvgIpc) is 2.81. The Morgan fingerprint density at radius 3 is 2.82 bits per heavy atom. The average molecular weight is 302 g/mol. The Labute approximate surface area is 132 Å². The summed E-state index contributed by atoms with van der Waals surface area (Å²) in [5, 5.41) is 20.3. The number of aliphatic hydroxyl groups excluding tert-OH is 1. The van der Waals surface area contributed by atoms with E-state index >= 15 is 0 Å². The highest BCUT2D eigenvalue weighted by Crippen LogP contribution is 2.61. The van der Waals surface area contributed by atoms with Crippen LogP contribution in [0.3, 0.4) is 0 Å². The Kier molecular flexibility index (Phi) is 3.28. The van der Waals surface area contributed by atoms with Crippen LogP contribution >= 0.6 is 0 Å². The summed E-state index contributed by atoms with van der Waals surface area (Å²) in [6, 6.07) is 5.84. The highest BCUT2D eigenvalue weighted by atomic mass is 16.5. The predicted molar refractivity (Wildman–Crippen MR) is 84.9 cm³/mol. The van der Waals surface area contributed by atoms with Gasteiger partial charge < -0.3 is 14.9 Å². The van der Waals surface area contributed by atoms with Crippen molar-refractivity contribution in [1.82, 2.24) is 0 Å². The fourth-order valence-electron chi connectivity index (χ4n) is 5.77. The first-order valence-electron chi connectivity index (χ1n) is 8.57. The Hall–Kier alpha value is -1.06. The van der Waals surface area contributed by atoms with Crippen molar-refractivity contribution in [3.8, 4) is 5.75 Å². The molecule has 120 valence electrons. The number of benzene rings is 1. The molecule has 3 heteroatoms. The zero-order valence-electron chi connectivity index (χ0n) is 13.5. The zero-order valence-corrected chi connectivity index (χ0v) is 13.5. The molecule has 3 aliphatic rings. The van der Waals surface area contributed by atoms with Gasteiger partial charge in [0.15, 0.2) is 0 Å². The van der Waals surface area contributed by atoms with Crippen molar-refractivity contribution < 1.29 is 14.9 Å². The van der Waals surface area contributed by atoms with Crippen molar-refractivity contribution in [2.75, 3.05) is 7.11 Å². The lowest BCUT2D eigenvalue weighted by atomic mass is 9.54. The van der Waals surface area contributed by atoms with Crippen LogP contribution in [0.4, 0.5) is 0 Å². The third-order valence-corrected chi connectivity index (χ3v) is 6.96. The van der Waals surface area contributed by atoms with Crippen LogP contribution in [0.2, 0.25) is 0 Å². The molecule has 0 aliphatic heterocycles. The molecule has 0 saturated heterocycles. The largest absolute Gasteiger partial charge is 0.508 e. The zero-order chi connectivity index (χ0) is 15.5. The number of aliphatic hydroxyl groups is 1. The number of fused-ring (bicyclic) bond motifs is 5. The van der Waals surface area contributed by atoms with Crippen molar-refractivity contribution >= 4 is 0 Å². The summed E-state index contributed by atoms with van der Waals surface area (Å²) < 4.78 is 5.88. The Balaban J connectivity index is 1.77. The van der Waals surface area contributed by atoms with E-state index in [2.05, 4.69) is 13.0 Å². The van der Waals surface area contributed by atoms with E-state index in [1.807, 2.05) is 19.2 Å². The smallest absolute Gasteiger partial charge is 0.115 e. The van der Waals surface area contributed by atoms with Gasteiger partial charge in [-0.1, -0.05) is 13.0 Å². The van der Waals surface area contributed by atoms with Gasteiger partial charge in [0.25, 0.3) is 0 Å². The van der Waals surface area contributed by atoms with Gasteiger partial charge in [0.05, 0.1) is 12.2 Å². The van der Waals surface area contributed by atoms with Crippen LogP contribution in [-0.2, 0) is 11.2 Å². The maximum absolute atomic E-state index is 10.5. The SMILES string of the molecule is CO[C@@H]1Cc2cc(O)ccc2[C@H]2CC[C@]3(C)[C@@H](O)CC[C@H]3[C@@H]21. The number of aromatic hydroxyl groups is 1. The molecule has 2 N–H and O–H groups in total. The van der Waals surface area contributed by atoms with Gasteiger partial charge in [-0.3, -0.25) is 0 Å². The molecule has 6 atom stereocenters. The molecule has 2 fully saturated rings. The minimum absolute atomic E-state index is 0.0619. The van der Waals surface area contributed by atoms with Gasteiger partial charge in [-0.15, -0.1) is 0 Å². The lowest BCUT2D eigenvalue weighted by molar-refractivity contribution is -0.0748. The van der Waals surface area contributed by atoms with E-state index in [9.17, 15) is 10.2 Å². The number of hydrogen-bond acceptors (Lipinski definition) is 3. The van der Waals surface area contributed by atoms with Gasteiger partial charge in [0, 0.05) is 7.11 Å². The van der Waals surface area contributed by atoms with Crippen LogP contribution < -0.4 is 0 Å². The van der Waals surface area contributed by atoms with E-state index in [4.69, 9.17) is 4.74 Å². The van der Waals surface area contributed by atoms with Crippen molar-refractivity contribution in [2.45, 2.75) is 57.2 Å². The minimum atomic E-state index is -0.155. The van der Waals surface area contributed by atoms with Crippen LogP contribution in [0.1, 0.15) is 49.7 Å². The number of hydrogen-bond donors (Lipinski definition) is 2. The number of phenols is 1. The topological polar surface area (TPSA) is 49.7 Å². The van der Waals surface area contributed by atoms with Crippen molar-refractivity contribution in [2.24, 2.45) is 17.3 Å². The molecule has 22 heavy (non-hydrogen) atoms. The second kappa shape index (κ2) is 4.97. The lowest BCUT2D eigenvalue weighted by Crippen LogP contribution is -2.49. The fourth-order valence-corrected chi connectivity index (χ4v) is 5.77. The van der Waals surface area contributed by atoms with Crippen LogP contribution in [0.25, 0.3) is 0 Å². The number of rotatable bonds is 1. The highest BCUT2D eigenvalue weighted by Gasteiger charge is 2.56. The molecule has 1 aromatic rings. The number of methoxy groups -OCH3 is 1. The standard InChI is InChI=1S/C19H26O3/c1-19-8-7-14-13-4-3-12(20)9-11(13)10-16(22-2)18(14)15(19)5-6-17(19)21/h3-4,9,14-18,20-21H,5-8,10H2,1-2H3/t14-,15+,16-,17+,18-,19+/m1/s1. The van der Waals surface area contributed by atoms with Gasteiger partial charge in [0.2, 0.25) is 0 Å². The second-order valence-electron chi connectivity index (χ2n) is 7.79. The Morgan fingerprint density at radius 2 is 2.05 bits per heavy atom.